The number of nitrogens with zero attached hydrogens (tertiary/aromatic N) is 1. The van der Waals surface area contributed by atoms with Crippen LogP contribution in [0.2, 0.25) is 16.6 Å². The minimum atomic E-state index is -1.75. The lowest BCUT2D eigenvalue weighted by atomic mass is 10.0. The molecule has 1 fully saturated rings. The summed E-state index contributed by atoms with van der Waals surface area (Å²) in [5.41, 5.74) is 2.34. The molecule has 20 heavy (non-hydrogen) atoms. The number of dihydropyridines is 1. The highest BCUT2D eigenvalue weighted by molar-refractivity contribution is 8.03. The van der Waals surface area contributed by atoms with Crippen LogP contribution in [0.5, 0.6) is 0 Å². The molecule has 4 heteroatoms. The first-order valence-electron chi connectivity index (χ1n) is 7.92. The van der Waals surface area contributed by atoms with Crippen molar-refractivity contribution in [3.63, 3.8) is 0 Å². The summed E-state index contributed by atoms with van der Waals surface area (Å²) in [6.45, 7) is 15.1. The largest absolute Gasteiger partial charge is 0.404 e. The number of hydrogen-bond acceptors (Lipinski definition) is 3. The molecule has 0 aromatic heterocycles. The van der Waals surface area contributed by atoms with Crippen LogP contribution in [0.1, 0.15) is 48.0 Å². The third-order valence-corrected chi connectivity index (χ3v) is 12.4. The second-order valence-corrected chi connectivity index (χ2v) is 13.6. The van der Waals surface area contributed by atoms with Gasteiger partial charge in [0.25, 0.3) is 0 Å². The average Bonchev–Trinajstić information content (AvgIpc) is 2.76. The molecule has 114 valence electrons. The molecule has 2 rings (SSSR count). The zero-order valence-electron chi connectivity index (χ0n) is 13.7. The molecule has 0 amide bonds. The molecule has 2 nitrogen and oxygen atoms in total. The summed E-state index contributed by atoms with van der Waals surface area (Å²) in [5, 5.41) is 0. The molecule has 1 saturated heterocycles. The molecular weight excluding hydrogens is 282 g/mol. The molecule has 2 unspecified atom stereocenters. The van der Waals surface area contributed by atoms with E-state index in [9.17, 15) is 0 Å². The van der Waals surface area contributed by atoms with Crippen LogP contribution in [0, 0.1) is 5.92 Å². The van der Waals surface area contributed by atoms with Crippen molar-refractivity contribution >= 4 is 26.3 Å². The number of aliphatic imine (C=N–C) groups is 1. The third-order valence-electron chi connectivity index (χ3n) is 4.86. The Bertz CT molecular complexity index is 382. The van der Waals surface area contributed by atoms with Crippen molar-refractivity contribution in [3.05, 3.63) is 11.0 Å². The van der Waals surface area contributed by atoms with Gasteiger partial charge in [0.15, 0.2) is 0 Å². The Morgan fingerprint density at radius 1 is 1.15 bits per heavy atom. The first kappa shape index (κ1) is 16.3. The number of fused-ring (bicyclic) bond motifs is 1. The van der Waals surface area contributed by atoms with E-state index in [1.165, 1.54) is 4.91 Å². The van der Waals surface area contributed by atoms with Gasteiger partial charge in [0.1, 0.15) is 0 Å². The molecule has 0 bridgehead atoms. The molecule has 2 atom stereocenters. The van der Waals surface area contributed by atoms with E-state index in [1.807, 2.05) is 18.0 Å². The van der Waals surface area contributed by atoms with Crippen LogP contribution >= 0.6 is 11.8 Å². The first-order valence-corrected chi connectivity index (χ1v) is 10.9. The van der Waals surface area contributed by atoms with Gasteiger partial charge in [-0.1, -0.05) is 53.3 Å². The second-order valence-electron chi connectivity index (χ2n) is 7.00. The van der Waals surface area contributed by atoms with E-state index in [-0.39, 0.29) is 0 Å². The van der Waals surface area contributed by atoms with Crippen LogP contribution in [-0.2, 0) is 4.43 Å². The average molecular weight is 312 g/mol. The van der Waals surface area contributed by atoms with E-state index < -0.39 is 8.32 Å². The maximum absolute atomic E-state index is 6.88. The highest BCUT2D eigenvalue weighted by atomic mass is 32.2. The van der Waals surface area contributed by atoms with E-state index >= 15 is 0 Å². The van der Waals surface area contributed by atoms with Gasteiger partial charge < -0.3 is 4.43 Å². The second kappa shape index (κ2) is 6.37. The van der Waals surface area contributed by atoms with Crippen LogP contribution in [0.15, 0.2) is 16.0 Å². The van der Waals surface area contributed by atoms with Crippen LogP contribution in [0.25, 0.3) is 0 Å². The molecular formula is C16H29NOSSi. The quantitative estimate of drug-likeness (QED) is 0.649. The Morgan fingerprint density at radius 2 is 1.75 bits per heavy atom. The molecule has 0 N–H and O–H groups in total. The standard InChI is InChI=1S/C16H29NOSSi/c1-11(2)20(12(3)4,13(5)6)18-16-9-14-10-17-8-7-15(14)19-16/h7-8,11-14,16H,9-10H2,1-6H3. The molecule has 0 aromatic carbocycles. The number of rotatable bonds is 5. The Balaban J connectivity index is 2.14. The van der Waals surface area contributed by atoms with Crippen molar-refractivity contribution in [1.82, 2.24) is 0 Å². The summed E-state index contributed by atoms with van der Waals surface area (Å²) >= 11 is 1.96. The zero-order valence-corrected chi connectivity index (χ0v) is 15.5. The van der Waals surface area contributed by atoms with Crippen molar-refractivity contribution in [3.8, 4) is 0 Å². The molecule has 0 spiro atoms. The third kappa shape index (κ3) is 2.93. The summed E-state index contributed by atoms with van der Waals surface area (Å²) in [7, 11) is -1.75. The van der Waals surface area contributed by atoms with Gasteiger partial charge in [0.05, 0.1) is 5.44 Å². The van der Waals surface area contributed by atoms with Gasteiger partial charge in [-0.05, 0) is 34.0 Å². The molecule has 2 aliphatic rings. The van der Waals surface area contributed by atoms with Gasteiger partial charge in [0, 0.05) is 18.7 Å². The Labute approximate surface area is 129 Å². The topological polar surface area (TPSA) is 21.6 Å². The Kier molecular flexibility index (Phi) is 5.19. The molecule has 0 aromatic rings. The zero-order chi connectivity index (χ0) is 14.9. The number of thioether (sulfide) groups is 1. The van der Waals surface area contributed by atoms with Crippen molar-refractivity contribution in [2.75, 3.05) is 6.54 Å². The summed E-state index contributed by atoms with van der Waals surface area (Å²) in [5.74, 6) is 0.619. The fourth-order valence-corrected chi connectivity index (χ4v) is 11.2. The van der Waals surface area contributed by atoms with Crippen molar-refractivity contribution in [1.29, 1.82) is 0 Å². The molecule has 2 heterocycles. The number of allylic oxidation sites excluding steroid dienone is 1. The Hall–Kier alpha value is -0.0631. The van der Waals surface area contributed by atoms with E-state index in [4.69, 9.17) is 4.43 Å². The molecule has 0 aliphatic carbocycles. The lowest BCUT2D eigenvalue weighted by molar-refractivity contribution is 0.236. The van der Waals surface area contributed by atoms with Crippen LogP contribution in [0.4, 0.5) is 0 Å². The monoisotopic (exact) mass is 311 g/mol. The van der Waals surface area contributed by atoms with Crippen LogP contribution in [-0.4, -0.2) is 26.5 Å². The summed E-state index contributed by atoms with van der Waals surface area (Å²) in [6.07, 6.45) is 5.29. The number of hydrogen-bond donors (Lipinski definition) is 0. The van der Waals surface area contributed by atoms with Gasteiger partial charge in [-0.3, -0.25) is 4.99 Å². The predicted octanol–water partition coefficient (Wildman–Crippen LogP) is 5.23. The van der Waals surface area contributed by atoms with Crippen LogP contribution in [0.3, 0.4) is 0 Å². The van der Waals surface area contributed by atoms with E-state index in [1.54, 1.807) is 0 Å². The maximum Gasteiger partial charge on any atom is 0.201 e. The summed E-state index contributed by atoms with van der Waals surface area (Å²) in [6, 6.07) is 0. The smallest absolute Gasteiger partial charge is 0.201 e. The van der Waals surface area contributed by atoms with Crippen molar-refractivity contribution in [2.45, 2.75) is 70.0 Å². The highest BCUT2D eigenvalue weighted by Crippen LogP contribution is 2.50. The minimum absolute atomic E-state index is 0.354. The molecule has 2 aliphatic heterocycles. The molecule has 0 saturated carbocycles. The lowest BCUT2D eigenvalue weighted by Gasteiger charge is -2.43. The predicted molar refractivity (Wildman–Crippen MR) is 93.1 cm³/mol. The van der Waals surface area contributed by atoms with Gasteiger partial charge >= 0.3 is 0 Å². The SMILES string of the molecule is CC(C)[Si](OC1CC2CN=CC=C2S1)(C(C)C)C(C)C. The van der Waals surface area contributed by atoms with E-state index in [2.05, 4.69) is 52.6 Å². The van der Waals surface area contributed by atoms with Crippen LogP contribution < -0.4 is 0 Å². The summed E-state index contributed by atoms with van der Waals surface area (Å²) < 4.78 is 6.88. The first-order chi connectivity index (χ1) is 9.37. The minimum Gasteiger partial charge on any atom is -0.404 e. The van der Waals surface area contributed by atoms with E-state index in [0.29, 0.717) is 28.0 Å². The fourth-order valence-electron chi connectivity index (χ4n) is 4.01. The van der Waals surface area contributed by atoms with Gasteiger partial charge in [0.2, 0.25) is 8.32 Å². The highest BCUT2D eigenvalue weighted by Gasteiger charge is 2.48. The van der Waals surface area contributed by atoms with Crippen molar-refractivity contribution < 1.29 is 4.43 Å². The van der Waals surface area contributed by atoms with Crippen molar-refractivity contribution in [2.24, 2.45) is 10.9 Å². The maximum atomic E-state index is 6.88. The Morgan fingerprint density at radius 3 is 2.25 bits per heavy atom. The van der Waals surface area contributed by atoms with Gasteiger partial charge in [-0.2, -0.15) is 0 Å². The van der Waals surface area contributed by atoms with E-state index in [0.717, 1.165) is 13.0 Å². The molecule has 0 radical (unpaired) electrons. The summed E-state index contributed by atoms with van der Waals surface area (Å²) in [4.78, 5) is 5.89. The lowest BCUT2D eigenvalue weighted by Crippen LogP contribution is -2.49. The van der Waals surface area contributed by atoms with Gasteiger partial charge in [-0.25, -0.2) is 0 Å². The fraction of sp³-hybridized carbons (Fsp3) is 0.812. The van der Waals surface area contributed by atoms with Gasteiger partial charge in [-0.15, -0.1) is 0 Å². The normalized spacial score (nSPS) is 26.6.